The number of ether oxygens (including phenoxy) is 2. The predicted molar refractivity (Wildman–Crippen MR) is 76.3 cm³/mol. The van der Waals surface area contributed by atoms with E-state index in [4.69, 9.17) is 9.47 Å². The molecule has 4 nitrogen and oxygen atoms in total. The maximum absolute atomic E-state index is 11.6. The van der Waals surface area contributed by atoms with E-state index in [1.807, 2.05) is 0 Å². The Bertz CT molecular complexity index is 252. The van der Waals surface area contributed by atoms with Crippen molar-refractivity contribution in [1.29, 1.82) is 0 Å². The highest BCUT2D eigenvalue weighted by Gasteiger charge is 2.36. The highest BCUT2D eigenvalue weighted by atomic mass is 16.5. The predicted octanol–water partition coefficient (Wildman–Crippen LogP) is 1.98. The van der Waals surface area contributed by atoms with E-state index in [0.717, 1.165) is 32.5 Å². The van der Waals surface area contributed by atoms with Crippen LogP contribution in [0.15, 0.2) is 0 Å². The molecule has 1 aliphatic rings. The van der Waals surface area contributed by atoms with Gasteiger partial charge in [-0.3, -0.25) is 4.90 Å². The molecular formula is C15H29NO3. The molecule has 0 aromatic carbocycles. The van der Waals surface area contributed by atoms with E-state index >= 15 is 0 Å². The van der Waals surface area contributed by atoms with Crippen molar-refractivity contribution in [2.75, 3.05) is 47.1 Å². The van der Waals surface area contributed by atoms with E-state index in [1.54, 1.807) is 14.2 Å². The minimum Gasteiger partial charge on any atom is -0.383 e. The molecule has 0 aliphatic heterocycles. The lowest BCUT2D eigenvalue weighted by Crippen LogP contribution is -2.44. The molecule has 0 bridgehead atoms. The first-order chi connectivity index (χ1) is 9.15. The fourth-order valence-electron chi connectivity index (χ4n) is 3.14. The van der Waals surface area contributed by atoms with Gasteiger partial charge in [0.25, 0.3) is 0 Å². The van der Waals surface area contributed by atoms with Gasteiger partial charge in [0.15, 0.2) is 0 Å². The van der Waals surface area contributed by atoms with Gasteiger partial charge in [-0.1, -0.05) is 19.8 Å². The Morgan fingerprint density at radius 1 is 1.26 bits per heavy atom. The Morgan fingerprint density at radius 3 is 2.37 bits per heavy atom. The second-order valence-electron chi connectivity index (χ2n) is 5.94. The number of methoxy groups -OCH3 is 2. The van der Waals surface area contributed by atoms with Crippen LogP contribution < -0.4 is 0 Å². The molecule has 0 amide bonds. The number of nitrogens with zero attached hydrogens (tertiary/aromatic N) is 1. The SMILES string of the molecule is COCCN(CCOC)CC1(C=O)CCCC(C)C1. The molecule has 1 fully saturated rings. The fraction of sp³-hybridized carbons (Fsp3) is 0.933. The van der Waals surface area contributed by atoms with Gasteiger partial charge in [0, 0.05) is 39.3 Å². The third-order valence-corrected chi connectivity index (χ3v) is 4.14. The molecule has 0 saturated heterocycles. The quantitative estimate of drug-likeness (QED) is 0.601. The average molecular weight is 271 g/mol. The molecule has 112 valence electrons. The molecule has 0 spiro atoms. The Labute approximate surface area is 117 Å². The van der Waals surface area contributed by atoms with Gasteiger partial charge in [0.1, 0.15) is 6.29 Å². The zero-order valence-electron chi connectivity index (χ0n) is 12.7. The number of aldehydes is 1. The Kier molecular flexibility index (Phi) is 7.57. The summed E-state index contributed by atoms with van der Waals surface area (Å²) in [6.45, 7) is 6.23. The van der Waals surface area contributed by atoms with Crippen molar-refractivity contribution >= 4 is 6.29 Å². The molecule has 0 radical (unpaired) electrons. The van der Waals surface area contributed by atoms with Gasteiger partial charge in [-0.25, -0.2) is 0 Å². The molecule has 1 saturated carbocycles. The second-order valence-corrected chi connectivity index (χ2v) is 5.94. The number of carbonyl (C=O) groups excluding carboxylic acids is 1. The number of carbonyl (C=O) groups is 1. The zero-order chi connectivity index (χ0) is 14.1. The molecule has 2 atom stereocenters. The highest BCUT2D eigenvalue weighted by molar-refractivity contribution is 5.60. The summed E-state index contributed by atoms with van der Waals surface area (Å²) in [4.78, 5) is 13.9. The molecule has 1 aliphatic carbocycles. The van der Waals surface area contributed by atoms with Gasteiger partial charge in [-0.2, -0.15) is 0 Å². The van der Waals surface area contributed by atoms with Gasteiger partial charge in [-0.15, -0.1) is 0 Å². The molecule has 0 heterocycles. The second kappa shape index (κ2) is 8.67. The van der Waals surface area contributed by atoms with Gasteiger partial charge in [0.2, 0.25) is 0 Å². The summed E-state index contributed by atoms with van der Waals surface area (Å²) in [6, 6.07) is 0. The first kappa shape index (κ1) is 16.6. The van der Waals surface area contributed by atoms with E-state index in [1.165, 1.54) is 19.1 Å². The summed E-state index contributed by atoms with van der Waals surface area (Å²) in [6.07, 6.45) is 5.67. The van der Waals surface area contributed by atoms with Gasteiger partial charge in [0.05, 0.1) is 13.2 Å². The number of hydrogen-bond acceptors (Lipinski definition) is 4. The zero-order valence-corrected chi connectivity index (χ0v) is 12.7. The van der Waals surface area contributed by atoms with Crippen molar-refractivity contribution in [3.63, 3.8) is 0 Å². The fourth-order valence-corrected chi connectivity index (χ4v) is 3.14. The van der Waals surface area contributed by atoms with Crippen LogP contribution in [-0.2, 0) is 14.3 Å². The van der Waals surface area contributed by atoms with Crippen LogP contribution in [0.4, 0.5) is 0 Å². The molecule has 1 rings (SSSR count). The first-order valence-electron chi connectivity index (χ1n) is 7.32. The van der Waals surface area contributed by atoms with E-state index in [9.17, 15) is 4.79 Å². The molecule has 0 aromatic heterocycles. The summed E-state index contributed by atoms with van der Waals surface area (Å²) in [5.74, 6) is 0.658. The lowest BCUT2D eigenvalue weighted by molar-refractivity contribution is -0.120. The maximum Gasteiger partial charge on any atom is 0.127 e. The standard InChI is InChI=1S/C15H29NO3/c1-14-5-4-6-15(11-14,13-17)12-16(7-9-18-2)8-10-19-3/h13-14H,4-12H2,1-3H3. The molecule has 2 unspecified atom stereocenters. The third-order valence-electron chi connectivity index (χ3n) is 4.14. The Balaban J connectivity index is 2.59. The maximum atomic E-state index is 11.6. The normalized spacial score (nSPS) is 27.7. The van der Waals surface area contributed by atoms with Crippen LogP contribution in [0.2, 0.25) is 0 Å². The van der Waals surface area contributed by atoms with Crippen LogP contribution in [0.5, 0.6) is 0 Å². The van der Waals surface area contributed by atoms with E-state index in [2.05, 4.69) is 11.8 Å². The summed E-state index contributed by atoms with van der Waals surface area (Å²) >= 11 is 0. The van der Waals surface area contributed by atoms with Crippen molar-refractivity contribution in [3.05, 3.63) is 0 Å². The molecular weight excluding hydrogens is 242 g/mol. The number of hydrogen-bond donors (Lipinski definition) is 0. The van der Waals surface area contributed by atoms with E-state index < -0.39 is 0 Å². The van der Waals surface area contributed by atoms with Gasteiger partial charge in [-0.05, 0) is 18.8 Å². The lowest BCUT2D eigenvalue weighted by Gasteiger charge is -2.39. The van der Waals surface area contributed by atoms with Crippen molar-refractivity contribution in [3.8, 4) is 0 Å². The largest absolute Gasteiger partial charge is 0.383 e. The minimum absolute atomic E-state index is 0.154. The van der Waals surface area contributed by atoms with E-state index in [0.29, 0.717) is 19.1 Å². The summed E-state index contributed by atoms with van der Waals surface area (Å²) in [5.41, 5.74) is -0.154. The molecule has 0 aromatic rings. The van der Waals surface area contributed by atoms with E-state index in [-0.39, 0.29) is 5.41 Å². The monoisotopic (exact) mass is 271 g/mol. The van der Waals surface area contributed by atoms with Crippen LogP contribution in [0.3, 0.4) is 0 Å². The smallest absolute Gasteiger partial charge is 0.127 e. The van der Waals surface area contributed by atoms with Crippen LogP contribution in [0.25, 0.3) is 0 Å². The van der Waals surface area contributed by atoms with Crippen molar-refractivity contribution < 1.29 is 14.3 Å². The van der Waals surface area contributed by atoms with Crippen molar-refractivity contribution in [1.82, 2.24) is 4.90 Å². The van der Waals surface area contributed by atoms with Crippen LogP contribution >= 0.6 is 0 Å². The lowest BCUT2D eigenvalue weighted by atomic mass is 9.70. The topological polar surface area (TPSA) is 38.8 Å². The molecule has 4 heteroatoms. The van der Waals surface area contributed by atoms with Crippen molar-refractivity contribution in [2.45, 2.75) is 32.6 Å². The number of rotatable bonds is 9. The molecule has 0 N–H and O–H groups in total. The molecule has 19 heavy (non-hydrogen) atoms. The van der Waals surface area contributed by atoms with Gasteiger partial charge >= 0.3 is 0 Å². The summed E-state index contributed by atoms with van der Waals surface area (Å²) < 4.78 is 10.3. The Hall–Kier alpha value is -0.450. The van der Waals surface area contributed by atoms with Crippen molar-refractivity contribution in [2.24, 2.45) is 11.3 Å². The first-order valence-corrected chi connectivity index (χ1v) is 7.32. The summed E-state index contributed by atoms with van der Waals surface area (Å²) in [5, 5.41) is 0. The van der Waals surface area contributed by atoms with Crippen LogP contribution in [0, 0.1) is 11.3 Å². The third kappa shape index (κ3) is 5.59. The van der Waals surface area contributed by atoms with Gasteiger partial charge < -0.3 is 14.3 Å². The minimum atomic E-state index is -0.154. The van der Waals surface area contributed by atoms with Crippen LogP contribution in [-0.4, -0.2) is 58.3 Å². The summed E-state index contributed by atoms with van der Waals surface area (Å²) in [7, 11) is 3.43. The Morgan fingerprint density at radius 2 is 1.89 bits per heavy atom. The van der Waals surface area contributed by atoms with Crippen LogP contribution in [0.1, 0.15) is 32.6 Å². The highest BCUT2D eigenvalue weighted by Crippen LogP contribution is 2.38. The average Bonchev–Trinajstić information content (AvgIpc) is 2.42.